The number of benzene rings is 2. The Balaban J connectivity index is 2.01. The monoisotopic (exact) mass is 356 g/mol. The molecule has 0 aliphatic carbocycles. The highest BCUT2D eigenvalue weighted by Gasteiger charge is 2.18. The third kappa shape index (κ3) is 2.90. The average Bonchev–Trinajstić information content (AvgIpc) is 3.22. The molecule has 0 saturated heterocycles. The van der Waals surface area contributed by atoms with E-state index >= 15 is 0 Å². The number of nitriles is 1. The van der Waals surface area contributed by atoms with Crippen molar-refractivity contribution in [2.24, 2.45) is 0 Å². The number of methoxy groups -OCH3 is 1. The predicted octanol–water partition coefficient (Wildman–Crippen LogP) is 3.44. The lowest BCUT2D eigenvalue weighted by molar-refractivity contribution is 0.282. The van der Waals surface area contributed by atoms with Gasteiger partial charge in [0, 0.05) is 18.0 Å². The number of rotatable bonds is 4. The normalized spacial score (nSPS) is 10.7. The molecule has 0 amide bonds. The van der Waals surface area contributed by atoms with E-state index in [9.17, 15) is 5.11 Å². The summed E-state index contributed by atoms with van der Waals surface area (Å²) in [4.78, 5) is 9.21. The van der Waals surface area contributed by atoms with Gasteiger partial charge in [-0.05, 0) is 23.3 Å². The lowest BCUT2D eigenvalue weighted by Crippen LogP contribution is -2.02. The standard InChI is InChI=1S/C21H16N4O2/c1-27-21-24-19(17-8-2-14(12-22)3-9-17)18(20-23-10-11-25(20)21)16-6-4-15(13-26)5-7-16/h2-11,26H,13H2,1H3. The molecule has 1 N–H and O–H groups in total. The summed E-state index contributed by atoms with van der Waals surface area (Å²) < 4.78 is 7.24. The largest absolute Gasteiger partial charge is 0.468 e. The lowest BCUT2D eigenvalue weighted by Gasteiger charge is -2.14. The van der Waals surface area contributed by atoms with Gasteiger partial charge in [-0.25, -0.2) is 4.98 Å². The fourth-order valence-electron chi connectivity index (χ4n) is 3.05. The molecule has 0 aliphatic rings. The fraction of sp³-hybridized carbons (Fsp3) is 0.0952. The van der Waals surface area contributed by atoms with Crippen molar-refractivity contribution in [3.63, 3.8) is 0 Å². The highest BCUT2D eigenvalue weighted by atomic mass is 16.5. The van der Waals surface area contributed by atoms with Crippen LogP contribution in [0.4, 0.5) is 0 Å². The molecular weight excluding hydrogens is 340 g/mol. The van der Waals surface area contributed by atoms with Crippen LogP contribution in [0.5, 0.6) is 6.01 Å². The smallest absolute Gasteiger partial charge is 0.302 e. The molecule has 0 aliphatic heterocycles. The summed E-state index contributed by atoms with van der Waals surface area (Å²) >= 11 is 0. The molecule has 4 rings (SSSR count). The Labute approximate surface area is 155 Å². The van der Waals surface area contributed by atoms with Crippen molar-refractivity contribution in [3.05, 3.63) is 72.1 Å². The van der Waals surface area contributed by atoms with Crippen molar-refractivity contribution in [2.75, 3.05) is 7.11 Å². The molecule has 2 heterocycles. The van der Waals surface area contributed by atoms with E-state index in [2.05, 4.69) is 11.1 Å². The summed E-state index contributed by atoms with van der Waals surface area (Å²) in [6, 6.07) is 17.4. The van der Waals surface area contributed by atoms with Crippen LogP contribution in [0.2, 0.25) is 0 Å². The fourth-order valence-corrected chi connectivity index (χ4v) is 3.05. The van der Waals surface area contributed by atoms with Crippen LogP contribution in [0.25, 0.3) is 28.0 Å². The van der Waals surface area contributed by atoms with E-state index in [1.807, 2.05) is 36.4 Å². The summed E-state index contributed by atoms with van der Waals surface area (Å²) in [5.74, 6) is 0. The molecule has 0 bridgehead atoms. The van der Waals surface area contributed by atoms with Gasteiger partial charge in [0.05, 0.1) is 36.6 Å². The van der Waals surface area contributed by atoms with Crippen LogP contribution >= 0.6 is 0 Å². The third-order valence-electron chi connectivity index (χ3n) is 4.41. The van der Waals surface area contributed by atoms with Crippen molar-refractivity contribution in [2.45, 2.75) is 6.61 Å². The van der Waals surface area contributed by atoms with Gasteiger partial charge < -0.3 is 9.84 Å². The first-order valence-corrected chi connectivity index (χ1v) is 8.37. The minimum absolute atomic E-state index is 0.0115. The molecule has 0 unspecified atom stereocenters. The first kappa shape index (κ1) is 16.8. The Morgan fingerprint density at radius 1 is 1.07 bits per heavy atom. The number of aliphatic hydroxyl groups is 1. The zero-order valence-corrected chi connectivity index (χ0v) is 14.6. The highest BCUT2D eigenvalue weighted by Crippen LogP contribution is 2.36. The van der Waals surface area contributed by atoms with Crippen molar-refractivity contribution in [1.82, 2.24) is 14.4 Å². The summed E-state index contributed by atoms with van der Waals surface area (Å²) in [5.41, 5.74) is 5.50. The van der Waals surface area contributed by atoms with Crippen LogP contribution in [-0.4, -0.2) is 26.6 Å². The number of nitrogens with zero attached hydrogens (tertiary/aromatic N) is 4. The maximum Gasteiger partial charge on any atom is 0.302 e. The Bertz CT molecular complexity index is 1140. The Kier molecular flexibility index (Phi) is 4.29. The van der Waals surface area contributed by atoms with Crippen LogP contribution in [0.1, 0.15) is 11.1 Å². The number of fused-ring (bicyclic) bond motifs is 1. The first-order valence-electron chi connectivity index (χ1n) is 8.37. The second-order valence-electron chi connectivity index (χ2n) is 5.99. The number of hydrogen-bond acceptors (Lipinski definition) is 5. The summed E-state index contributed by atoms with van der Waals surface area (Å²) in [6.07, 6.45) is 3.50. The maximum absolute atomic E-state index is 9.32. The minimum Gasteiger partial charge on any atom is -0.468 e. The topological polar surface area (TPSA) is 83.4 Å². The zero-order valence-electron chi connectivity index (χ0n) is 14.6. The van der Waals surface area contributed by atoms with Crippen molar-refractivity contribution < 1.29 is 9.84 Å². The van der Waals surface area contributed by atoms with E-state index in [1.165, 1.54) is 0 Å². The molecule has 132 valence electrons. The van der Waals surface area contributed by atoms with Gasteiger partial charge in [0.2, 0.25) is 0 Å². The Morgan fingerprint density at radius 3 is 2.41 bits per heavy atom. The lowest BCUT2D eigenvalue weighted by atomic mass is 9.98. The highest BCUT2D eigenvalue weighted by molar-refractivity contribution is 5.90. The van der Waals surface area contributed by atoms with Crippen molar-refractivity contribution in [1.29, 1.82) is 5.26 Å². The molecule has 6 nitrogen and oxygen atoms in total. The van der Waals surface area contributed by atoms with E-state index in [0.29, 0.717) is 17.3 Å². The molecule has 0 atom stereocenters. The molecule has 4 aromatic rings. The predicted molar refractivity (Wildman–Crippen MR) is 101 cm³/mol. The van der Waals surface area contributed by atoms with Gasteiger partial charge in [0.25, 0.3) is 0 Å². The summed E-state index contributed by atoms with van der Waals surface area (Å²) in [5, 5.41) is 18.4. The molecule has 0 radical (unpaired) electrons. The number of imidazole rings is 1. The maximum atomic E-state index is 9.32. The van der Waals surface area contributed by atoms with E-state index < -0.39 is 0 Å². The van der Waals surface area contributed by atoms with Crippen LogP contribution in [0, 0.1) is 11.3 Å². The third-order valence-corrected chi connectivity index (χ3v) is 4.41. The van der Waals surface area contributed by atoms with Crippen LogP contribution < -0.4 is 4.74 Å². The molecule has 6 heteroatoms. The second kappa shape index (κ2) is 6.90. The van der Waals surface area contributed by atoms with Gasteiger partial charge in [-0.3, -0.25) is 4.40 Å². The van der Waals surface area contributed by atoms with Crippen molar-refractivity contribution in [3.8, 4) is 34.5 Å². The SMILES string of the molecule is COc1nc(-c2ccc(C#N)cc2)c(-c2ccc(CO)cc2)c2nccn12. The van der Waals surface area contributed by atoms with E-state index in [-0.39, 0.29) is 6.61 Å². The van der Waals surface area contributed by atoms with Crippen LogP contribution in [0.3, 0.4) is 0 Å². The van der Waals surface area contributed by atoms with Crippen molar-refractivity contribution >= 4 is 5.65 Å². The zero-order chi connectivity index (χ0) is 18.8. The number of ether oxygens (including phenoxy) is 1. The molecule has 2 aromatic heterocycles. The molecule has 27 heavy (non-hydrogen) atoms. The molecule has 0 fully saturated rings. The van der Waals surface area contributed by atoms with Gasteiger partial charge in [-0.1, -0.05) is 36.4 Å². The van der Waals surface area contributed by atoms with E-state index in [4.69, 9.17) is 15.0 Å². The van der Waals surface area contributed by atoms with Gasteiger partial charge in [-0.2, -0.15) is 10.2 Å². The van der Waals surface area contributed by atoms with Gasteiger partial charge >= 0.3 is 6.01 Å². The minimum atomic E-state index is -0.0115. The molecule has 2 aromatic carbocycles. The van der Waals surface area contributed by atoms with Crippen LogP contribution in [-0.2, 0) is 6.61 Å². The number of aliphatic hydroxyl groups excluding tert-OH is 1. The molecular formula is C21H16N4O2. The van der Waals surface area contributed by atoms with Gasteiger partial charge in [0.1, 0.15) is 0 Å². The Morgan fingerprint density at radius 2 is 1.78 bits per heavy atom. The Hall–Kier alpha value is -3.69. The van der Waals surface area contributed by atoms with E-state index in [1.54, 1.807) is 36.0 Å². The summed E-state index contributed by atoms with van der Waals surface area (Å²) in [6.45, 7) is -0.0115. The average molecular weight is 356 g/mol. The van der Waals surface area contributed by atoms with Gasteiger partial charge in [0.15, 0.2) is 5.65 Å². The molecule has 0 saturated carbocycles. The quantitative estimate of drug-likeness (QED) is 0.606. The second-order valence-corrected chi connectivity index (χ2v) is 5.99. The first-order chi connectivity index (χ1) is 13.2. The van der Waals surface area contributed by atoms with E-state index in [0.717, 1.165) is 27.9 Å². The molecule has 0 spiro atoms. The summed E-state index contributed by atoms with van der Waals surface area (Å²) in [7, 11) is 1.57. The number of hydrogen-bond donors (Lipinski definition) is 1. The van der Waals surface area contributed by atoms with Gasteiger partial charge in [-0.15, -0.1) is 0 Å². The van der Waals surface area contributed by atoms with Crippen LogP contribution in [0.15, 0.2) is 60.9 Å². The number of aromatic nitrogens is 3.